The highest BCUT2D eigenvalue weighted by Gasteiger charge is 2.28. The average Bonchev–Trinajstić information content (AvgIpc) is 2.69. The van der Waals surface area contributed by atoms with E-state index in [2.05, 4.69) is 0 Å². The van der Waals surface area contributed by atoms with E-state index < -0.39 is 56.5 Å². The Kier molecular flexibility index (Phi) is 9.17. The highest BCUT2D eigenvalue weighted by atomic mass is 16.5. The number of rotatable bonds is 11. The van der Waals surface area contributed by atoms with Crippen LogP contribution >= 0.6 is 0 Å². The zero-order valence-electron chi connectivity index (χ0n) is 14.2. The van der Waals surface area contributed by atoms with Crippen molar-refractivity contribution in [2.75, 3.05) is 39.6 Å². The molecule has 0 saturated carbocycles. The molecule has 0 bridgehead atoms. The first-order valence-corrected chi connectivity index (χ1v) is 7.98. The first kappa shape index (κ1) is 22.0. The Labute approximate surface area is 150 Å². The molecular weight excluding hydrogens is 348 g/mol. The van der Waals surface area contributed by atoms with Gasteiger partial charge >= 0.3 is 11.9 Å². The van der Waals surface area contributed by atoms with Crippen molar-refractivity contribution in [1.82, 2.24) is 0 Å². The fourth-order valence-electron chi connectivity index (χ4n) is 1.97. The number of ether oxygens (including phenoxy) is 2. The van der Waals surface area contributed by atoms with Crippen molar-refractivity contribution < 1.29 is 44.6 Å². The van der Waals surface area contributed by atoms with Crippen molar-refractivity contribution in [2.24, 2.45) is 5.41 Å². The molecule has 0 radical (unpaired) electrons. The number of aliphatic hydroxyl groups excluding tert-OH is 5. The quantitative estimate of drug-likeness (QED) is 0.298. The molecule has 9 heteroatoms. The molecule has 0 fully saturated rings. The molecule has 0 aromatic heterocycles. The standard InChI is InChI=1S/C17H24O9/c18-7-12(22)8-26-16(24)14-4-2-1-3-13(14)15(23)25-6-5-17(9-19,10-20)11-21/h1-4,12,18-22H,5-11H2. The topological polar surface area (TPSA) is 154 Å². The third-order valence-corrected chi connectivity index (χ3v) is 3.86. The Bertz CT molecular complexity index is 575. The largest absolute Gasteiger partial charge is 0.462 e. The van der Waals surface area contributed by atoms with Gasteiger partial charge in [-0.25, -0.2) is 9.59 Å². The number of benzene rings is 1. The number of hydrogen-bond acceptors (Lipinski definition) is 9. The maximum absolute atomic E-state index is 12.2. The second kappa shape index (κ2) is 10.8. The molecule has 0 heterocycles. The molecule has 146 valence electrons. The van der Waals surface area contributed by atoms with Crippen LogP contribution in [-0.2, 0) is 9.47 Å². The minimum absolute atomic E-state index is 0.0253. The summed E-state index contributed by atoms with van der Waals surface area (Å²) < 4.78 is 9.88. The smallest absolute Gasteiger partial charge is 0.339 e. The van der Waals surface area contributed by atoms with Crippen LogP contribution in [0.4, 0.5) is 0 Å². The van der Waals surface area contributed by atoms with Crippen molar-refractivity contribution in [3.8, 4) is 0 Å². The lowest BCUT2D eigenvalue weighted by Gasteiger charge is -2.26. The number of carbonyl (C=O) groups excluding carboxylic acids is 2. The van der Waals surface area contributed by atoms with Crippen molar-refractivity contribution >= 4 is 11.9 Å². The predicted octanol–water partition coefficient (Wildman–Crippen LogP) is -1.29. The van der Waals surface area contributed by atoms with Gasteiger partial charge in [0.2, 0.25) is 0 Å². The van der Waals surface area contributed by atoms with E-state index in [1.54, 1.807) is 0 Å². The average molecular weight is 372 g/mol. The maximum Gasteiger partial charge on any atom is 0.339 e. The van der Waals surface area contributed by atoms with Crippen molar-refractivity contribution in [3.63, 3.8) is 0 Å². The van der Waals surface area contributed by atoms with Crippen molar-refractivity contribution in [3.05, 3.63) is 35.4 Å². The maximum atomic E-state index is 12.2. The highest BCUT2D eigenvalue weighted by molar-refractivity contribution is 6.03. The van der Waals surface area contributed by atoms with Gasteiger partial charge in [-0.1, -0.05) is 12.1 Å². The fourth-order valence-corrected chi connectivity index (χ4v) is 1.97. The van der Waals surface area contributed by atoms with E-state index in [-0.39, 0.29) is 24.2 Å². The molecule has 1 aromatic carbocycles. The molecule has 0 amide bonds. The van der Waals surface area contributed by atoms with Crippen LogP contribution < -0.4 is 0 Å². The van der Waals surface area contributed by atoms with Gasteiger partial charge in [-0.2, -0.15) is 0 Å². The van der Waals surface area contributed by atoms with E-state index >= 15 is 0 Å². The lowest BCUT2D eigenvalue weighted by Crippen LogP contribution is -2.35. The molecule has 0 aliphatic carbocycles. The molecule has 1 atom stereocenters. The summed E-state index contributed by atoms with van der Waals surface area (Å²) in [7, 11) is 0. The number of esters is 2. The van der Waals surface area contributed by atoms with Crippen LogP contribution in [0.1, 0.15) is 27.1 Å². The normalized spacial score (nSPS) is 12.5. The minimum atomic E-state index is -1.22. The van der Waals surface area contributed by atoms with E-state index in [1.807, 2.05) is 0 Å². The van der Waals surface area contributed by atoms with E-state index in [9.17, 15) is 30.0 Å². The summed E-state index contributed by atoms with van der Waals surface area (Å²) in [6.45, 7) is -2.62. The van der Waals surface area contributed by atoms with Gasteiger partial charge in [0.25, 0.3) is 0 Å². The van der Waals surface area contributed by atoms with Gasteiger partial charge in [0, 0.05) is 5.41 Å². The van der Waals surface area contributed by atoms with Gasteiger partial charge in [-0.3, -0.25) is 0 Å². The lowest BCUT2D eigenvalue weighted by molar-refractivity contribution is -0.0173. The molecule has 5 N–H and O–H groups in total. The third-order valence-electron chi connectivity index (χ3n) is 3.86. The molecule has 0 saturated heterocycles. The van der Waals surface area contributed by atoms with E-state index in [1.165, 1.54) is 24.3 Å². The van der Waals surface area contributed by atoms with Crippen LogP contribution in [0, 0.1) is 5.41 Å². The minimum Gasteiger partial charge on any atom is -0.462 e. The summed E-state index contributed by atoms with van der Waals surface area (Å²) in [5.41, 5.74) is -1.29. The Morgan fingerprint density at radius 3 is 1.88 bits per heavy atom. The van der Waals surface area contributed by atoms with Gasteiger partial charge in [-0.15, -0.1) is 0 Å². The van der Waals surface area contributed by atoms with Gasteiger partial charge < -0.3 is 35.0 Å². The van der Waals surface area contributed by atoms with Crippen molar-refractivity contribution in [2.45, 2.75) is 12.5 Å². The Balaban J connectivity index is 2.74. The summed E-state index contributed by atoms with van der Waals surface area (Å²) in [5, 5.41) is 45.7. The Morgan fingerprint density at radius 1 is 0.923 bits per heavy atom. The molecular formula is C17H24O9. The van der Waals surface area contributed by atoms with E-state index in [0.717, 1.165) is 0 Å². The van der Waals surface area contributed by atoms with Crippen LogP contribution in [0.25, 0.3) is 0 Å². The fraction of sp³-hybridized carbons (Fsp3) is 0.529. The molecule has 0 spiro atoms. The van der Waals surface area contributed by atoms with E-state index in [0.29, 0.717) is 0 Å². The van der Waals surface area contributed by atoms with Crippen molar-refractivity contribution in [1.29, 1.82) is 0 Å². The second-order valence-corrected chi connectivity index (χ2v) is 5.84. The number of carbonyl (C=O) groups is 2. The Hall–Kier alpha value is -2.04. The molecule has 0 aliphatic rings. The summed E-state index contributed by atoms with van der Waals surface area (Å²) >= 11 is 0. The summed E-state index contributed by atoms with van der Waals surface area (Å²) in [6.07, 6.45) is -1.20. The SMILES string of the molecule is O=C(OCCC(CO)(CO)CO)c1ccccc1C(=O)OCC(O)CO. The van der Waals surface area contributed by atoms with Gasteiger partial charge in [0.05, 0.1) is 44.2 Å². The van der Waals surface area contributed by atoms with Gasteiger partial charge in [0.15, 0.2) is 0 Å². The molecule has 26 heavy (non-hydrogen) atoms. The van der Waals surface area contributed by atoms with Gasteiger partial charge in [-0.05, 0) is 18.6 Å². The number of hydrogen-bond donors (Lipinski definition) is 5. The molecule has 1 aromatic rings. The third kappa shape index (κ3) is 6.04. The lowest BCUT2D eigenvalue weighted by atomic mass is 9.88. The highest BCUT2D eigenvalue weighted by Crippen LogP contribution is 2.20. The summed E-state index contributed by atoms with van der Waals surface area (Å²) in [4.78, 5) is 24.2. The van der Waals surface area contributed by atoms with Crippen LogP contribution in [0.2, 0.25) is 0 Å². The molecule has 9 nitrogen and oxygen atoms in total. The predicted molar refractivity (Wildman–Crippen MR) is 88.4 cm³/mol. The summed E-state index contributed by atoms with van der Waals surface area (Å²) in [5.74, 6) is -1.68. The monoisotopic (exact) mass is 372 g/mol. The molecule has 0 aliphatic heterocycles. The van der Waals surface area contributed by atoms with Crippen LogP contribution in [0.15, 0.2) is 24.3 Å². The second-order valence-electron chi connectivity index (χ2n) is 5.84. The van der Waals surface area contributed by atoms with Crippen LogP contribution in [0.5, 0.6) is 0 Å². The zero-order valence-corrected chi connectivity index (χ0v) is 14.2. The number of aliphatic hydroxyl groups is 5. The van der Waals surface area contributed by atoms with Crippen LogP contribution in [-0.4, -0.2) is 83.2 Å². The first-order valence-electron chi connectivity index (χ1n) is 7.98. The van der Waals surface area contributed by atoms with Gasteiger partial charge in [0.1, 0.15) is 12.7 Å². The summed E-state index contributed by atoms with van der Waals surface area (Å²) in [6, 6.07) is 5.75. The van der Waals surface area contributed by atoms with E-state index in [4.69, 9.17) is 14.6 Å². The molecule has 1 unspecified atom stereocenters. The molecule has 1 rings (SSSR count). The zero-order chi connectivity index (χ0) is 19.6. The van der Waals surface area contributed by atoms with Crippen LogP contribution in [0.3, 0.4) is 0 Å². The Morgan fingerprint density at radius 2 is 1.42 bits per heavy atom. The first-order chi connectivity index (χ1) is 12.4.